The molecule has 1 saturated heterocycles. The number of nitrogens with one attached hydrogen (secondary N) is 1. The number of benzene rings is 1. The van der Waals surface area contributed by atoms with Crippen LogP contribution in [0.1, 0.15) is 39.5 Å². The summed E-state index contributed by atoms with van der Waals surface area (Å²) < 4.78 is 14.6. The third-order valence-electron chi connectivity index (χ3n) is 4.96. The second-order valence-electron chi connectivity index (χ2n) is 6.87. The van der Waals surface area contributed by atoms with Crippen LogP contribution in [0, 0.1) is 5.82 Å². The fourth-order valence-electron chi connectivity index (χ4n) is 3.48. The van der Waals surface area contributed by atoms with Crippen LogP contribution in [-0.4, -0.2) is 45.7 Å². The Kier molecular flexibility index (Phi) is 5.06. The van der Waals surface area contributed by atoms with Crippen LogP contribution in [0.5, 0.6) is 0 Å². The van der Waals surface area contributed by atoms with E-state index in [4.69, 9.17) is 0 Å². The molecule has 3 heterocycles. The third kappa shape index (κ3) is 3.60. The van der Waals surface area contributed by atoms with E-state index in [1.807, 2.05) is 6.07 Å². The molecule has 2 aromatic heterocycles. The summed E-state index contributed by atoms with van der Waals surface area (Å²) in [4.78, 5) is 31.7. The van der Waals surface area contributed by atoms with Crippen molar-refractivity contribution in [2.75, 3.05) is 19.6 Å². The number of hydrogen-bond donors (Lipinski definition) is 1. The molecule has 28 heavy (non-hydrogen) atoms. The van der Waals surface area contributed by atoms with Crippen molar-refractivity contribution in [2.24, 2.45) is 0 Å². The lowest BCUT2D eigenvalue weighted by atomic mass is 10.1. The Labute approximate surface area is 162 Å². The van der Waals surface area contributed by atoms with Crippen molar-refractivity contribution in [2.45, 2.75) is 19.3 Å². The molecule has 1 aromatic carbocycles. The predicted molar refractivity (Wildman–Crippen MR) is 103 cm³/mol. The van der Waals surface area contributed by atoms with Gasteiger partial charge in [0.05, 0.1) is 5.52 Å². The molecule has 0 bridgehead atoms. The zero-order valence-electron chi connectivity index (χ0n) is 15.4. The number of halogens is 1. The van der Waals surface area contributed by atoms with Gasteiger partial charge in [-0.25, -0.2) is 9.37 Å². The molecule has 0 aliphatic carbocycles. The molecule has 1 fully saturated rings. The summed E-state index contributed by atoms with van der Waals surface area (Å²) in [6.45, 7) is 1.84. The lowest BCUT2D eigenvalue weighted by molar-refractivity contribution is 0.0789. The number of carbonyl (C=O) groups excluding carboxylic acids is 2. The van der Waals surface area contributed by atoms with Gasteiger partial charge in [0.15, 0.2) is 5.69 Å². The van der Waals surface area contributed by atoms with Gasteiger partial charge in [0.25, 0.3) is 11.8 Å². The fourth-order valence-corrected chi connectivity index (χ4v) is 3.48. The van der Waals surface area contributed by atoms with Crippen LogP contribution >= 0.6 is 0 Å². The maximum Gasteiger partial charge on any atom is 0.287 e. The minimum atomic E-state index is -0.344. The summed E-state index contributed by atoms with van der Waals surface area (Å²) in [6, 6.07) is 11.6. The SMILES string of the molecule is O=C(NCCc1ccc(F)cc1)c1nc(C(=O)N2CCCC2)c2ccccn12. The second kappa shape index (κ2) is 7.80. The van der Waals surface area contributed by atoms with Crippen molar-refractivity contribution in [3.8, 4) is 0 Å². The quantitative estimate of drug-likeness (QED) is 0.740. The first-order valence-corrected chi connectivity index (χ1v) is 9.42. The first-order chi connectivity index (χ1) is 13.6. The molecule has 0 unspecified atom stereocenters. The maximum atomic E-state index is 13.0. The molecule has 6 nitrogen and oxygen atoms in total. The maximum absolute atomic E-state index is 13.0. The Morgan fingerprint density at radius 2 is 1.82 bits per heavy atom. The highest BCUT2D eigenvalue weighted by atomic mass is 19.1. The van der Waals surface area contributed by atoms with Gasteiger partial charge in [-0.15, -0.1) is 0 Å². The minimum absolute atomic E-state index is 0.133. The Balaban J connectivity index is 1.51. The largest absolute Gasteiger partial charge is 0.349 e. The van der Waals surface area contributed by atoms with Crippen LogP contribution < -0.4 is 5.32 Å². The number of aromatic nitrogens is 2. The smallest absolute Gasteiger partial charge is 0.287 e. The first kappa shape index (κ1) is 18.2. The van der Waals surface area contributed by atoms with Crippen LogP contribution in [0.15, 0.2) is 48.7 Å². The van der Waals surface area contributed by atoms with Crippen molar-refractivity contribution in [1.29, 1.82) is 0 Å². The summed E-state index contributed by atoms with van der Waals surface area (Å²) in [7, 11) is 0. The number of hydrogen-bond acceptors (Lipinski definition) is 3. The van der Waals surface area contributed by atoms with Crippen molar-refractivity contribution in [3.05, 3.63) is 71.6 Å². The zero-order chi connectivity index (χ0) is 19.5. The summed E-state index contributed by atoms with van der Waals surface area (Å²) >= 11 is 0. The number of fused-ring (bicyclic) bond motifs is 1. The fraction of sp³-hybridized carbons (Fsp3) is 0.286. The van der Waals surface area contributed by atoms with Gasteiger partial charge in [0.1, 0.15) is 5.82 Å². The number of imidazole rings is 1. The van der Waals surface area contributed by atoms with E-state index in [-0.39, 0.29) is 23.5 Å². The molecule has 1 aliphatic rings. The lowest BCUT2D eigenvalue weighted by Gasteiger charge is -2.13. The zero-order valence-corrected chi connectivity index (χ0v) is 15.4. The van der Waals surface area contributed by atoms with E-state index in [0.717, 1.165) is 31.5 Å². The van der Waals surface area contributed by atoms with E-state index in [1.54, 1.807) is 39.8 Å². The standard InChI is InChI=1S/C21H21FN4O2/c22-16-8-6-15(7-9-16)10-11-23-20(27)19-24-18(17-5-1-2-14-26(17)19)21(28)25-12-3-4-13-25/h1-2,5-9,14H,3-4,10-13H2,(H,23,27). The summed E-state index contributed by atoms with van der Waals surface area (Å²) in [5, 5.41) is 2.84. The molecule has 144 valence electrons. The van der Waals surface area contributed by atoms with Crippen molar-refractivity contribution < 1.29 is 14.0 Å². The third-order valence-corrected chi connectivity index (χ3v) is 4.96. The Morgan fingerprint density at radius 3 is 2.57 bits per heavy atom. The highest BCUT2D eigenvalue weighted by Crippen LogP contribution is 2.18. The molecule has 0 spiro atoms. The van der Waals surface area contributed by atoms with Crippen LogP contribution in [0.3, 0.4) is 0 Å². The van der Waals surface area contributed by atoms with Crippen LogP contribution in [0.4, 0.5) is 4.39 Å². The summed E-state index contributed by atoms with van der Waals surface area (Å²) in [6.07, 6.45) is 4.30. The lowest BCUT2D eigenvalue weighted by Crippen LogP contribution is -2.29. The van der Waals surface area contributed by atoms with Crippen molar-refractivity contribution in [3.63, 3.8) is 0 Å². The average molecular weight is 380 g/mol. The van der Waals surface area contributed by atoms with Crippen LogP contribution in [0.25, 0.3) is 5.52 Å². The monoisotopic (exact) mass is 380 g/mol. The molecular formula is C21H21FN4O2. The van der Waals surface area contributed by atoms with Gasteiger partial charge in [0.2, 0.25) is 5.82 Å². The van der Waals surface area contributed by atoms with Gasteiger partial charge in [-0.1, -0.05) is 18.2 Å². The first-order valence-electron chi connectivity index (χ1n) is 9.42. The molecule has 0 atom stereocenters. The van der Waals surface area contributed by atoms with E-state index in [0.29, 0.717) is 24.2 Å². The van der Waals surface area contributed by atoms with E-state index in [2.05, 4.69) is 10.3 Å². The Hall–Kier alpha value is -3.22. The molecule has 7 heteroatoms. The second-order valence-corrected chi connectivity index (χ2v) is 6.87. The number of carbonyl (C=O) groups is 2. The van der Waals surface area contributed by atoms with Crippen LogP contribution in [0.2, 0.25) is 0 Å². The number of pyridine rings is 1. The highest BCUT2D eigenvalue weighted by Gasteiger charge is 2.26. The number of amides is 2. The van der Waals surface area contributed by atoms with Crippen molar-refractivity contribution in [1.82, 2.24) is 19.6 Å². The van der Waals surface area contributed by atoms with Gasteiger partial charge in [-0.05, 0) is 49.1 Å². The predicted octanol–water partition coefficient (Wildman–Crippen LogP) is 2.68. The molecule has 0 saturated carbocycles. The van der Waals surface area contributed by atoms with Gasteiger partial charge in [0, 0.05) is 25.8 Å². The molecular weight excluding hydrogens is 359 g/mol. The molecule has 0 radical (unpaired) electrons. The summed E-state index contributed by atoms with van der Waals surface area (Å²) in [5.41, 5.74) is 1.87. The van der Waals surface area contributed by atoms with Crippen LogP contribution in [-0.2, 0) is 6.42 Å². The normalized spacial score (nSPS) is 13.8. The van der Waals surface area contributed by atoms with E-state index < -0.39 is 0 Å². The van der Waals surface area contributed by atoms with Crippen molar-refractivity contribution >= 4 is 17.3 Å². The van der Waals surface area contributed by atoms with Gasteiger partial charge in [-0.3, -0.25) is 14.0 Å². The number of likely N-dealkylation sites (tertiary alicyclic amines) is 1. The molecule has 4 rings (SSSR count). The average Bonchev–Trinajstić information content (AvgIpc) is 3.37. The van der Waals surface area contributed by atoms with E-state index in [1.165, 1.54) is 12.1 Å². The van der Waals surface area contributed by atoms with Gasteiger partial charge in [-0.2, -0.15) is 0 Å². The minimum Gasteiger partial charge on any atom is -0.349 e. The number of rotatable bonds is 5. The van der Waals surface area contributed by atoms with E-state index in [9.17, 15) is 14.0 Å². The van der Waals surface area contributed by atoms with E-state index >= 15 is 0 Å². The summed E-state index contributed by atoms with van der Waals surface area (Å²) in [5.74, 6) is -0.570. The van der Waals surface area contributed by atoms with Gasteiger partial charge < -0.3 is 10.2 Å². The molecule has 2 amide bonds. The van der Waals surface area contributed by atoms with Gasteiger partial charge >= 0.3 is 0 Å². The molecule has 1 aliphatic heterocycles. The number of nitrogens with zero attached hydrogens (tertiary/aromatic N) is 3. The molecule has 1 N–H and O–H groups in total. The highest BCUT2D eigenvalue weighted by molar-refractivity contribution is 6.02. The molecule has 3 aromatic rings. The Morgan fingerprint density at radius 1 is 1.07 bits per heavy atom. The topological polar surface area (TPSA) is 66.7 Å². The Bertz CT molecular complexity index is 1010.